The molecule has 2 aromatic rings. The molecule has 8 nitrogen and oxygen atoms in total. The monoisotopic (exact) mass is 473 g/mol. The Hall–Kier alpha value is -2.23. The third-order valence-electron chi connectivity index (χ3n) is 6.79. The van der Waals surface area contributed by atoms with Crippen molar-refractivity contribution >= 4 is 15.9 Å². The van der Waals surface area contributed by atoms with Crippen molar-refractivity contribution in [2.24, 2.45) is 5.92 Å². The van der Waals surface area contributed by atoms with Gasteiger partial charge in [-0.05, 0) is 39.2 Å². The first kappa shape index (κ1) is 23.9. The van der Waals surface area contributed by atoms with Crippen molar-refractivity contribution in [2.45, 2.75) is 51.6 Å². The molecule has 1 aromatic carbocycles. The van der Waals surface area contributed by atoms with Crippen molar-refractivity contribution in [1.29, 1.82) is 0 Å². The lowest BCUT2D eigenvalue weighted by atomic mass is 9.97. The lowest BCUT2D eigenvalue weighted by Gasteiger charge is -2.38. The number of aryl methyl sites for hydroxylation is 3. The highest BCUT2D eigenvalue weighted by atomic mass is 32.2. The van der Waals surface area contributed by atoms with E-state index in [2.05, 4.69) is 41.2 Å². The highest BCUT2D eigenvalue weighted by molar-refractivity contribution is 7.89. The van der Waals surface area contributed by atoms with Crippen molar-refractivity contribution < 1.29 is 13.2 Å². The molecular formula is C24H35N5O3S. The normalized spacial score (nSPS) is 20.8. The van der Waals surface area contributed by atoms with Gasteiger partial charge in [0.05, 0.1) is 11.6 Å². The number of carbonyl (C=O) groups is 1. The molecule has 3 heterocycles. The van der Waals surface area contributed by atoms with Crippen LogP contribution in [0, 0.1) is 19.8 Å². The molecule has 0 saturated carbocycles. The summed E-state index contributed by atoms with van der Waals surface area (Å²) in [6, 6.07) is 8.59. The van der Waals surface area contributed by atoms with E-state index in [0.717, 1.165) is 26.1 Å². The summed E-state index contributed by atoms with van der Waals surface area (Å²) in [4.78, 5) is 17.8. The van der Waals surface area contributed by atoms with Crippen molar-refractivity contribution in [3.63, 3.8) is 0 Å². The Morgan fingerprint density at radius 3 is 2.39 bits per heavy atom. The minimum atomic E-state index is -3.65. The van der Waals surface area contributed by atoms with E-state index in [4.69, 9.17) is 0 Å². The van der Waals surface area contributed by atoms with Gasteiger partial charge in [-0.25, -0.2) is 8.42 Å². The second-order valence-electron chi connectivity index (χ2n) is 9.22. The van der Waals surface area contributed by atoms with Crippen LogP contribution in [0.15, 0.2) is 35.4 Å². The molecule has 0 unspecified atom stereocenters. The molecule has 33 heavy (non-hydrogen) atoms. The van der Waals surface area contributed by atoms with Crippen LogP contribution in [0.25, 0.3) is 0 Å². The zero-order valence-electron chi connectivity index (χ0n) is 19.9. The predicted molar refractivity (Wildman–Crippen MR) is 127 cm³/mol. The highest BCUT2D eigenvalue weighted by Gasteiger charge is 2.37. The first-order valence-corrected chi connectivity index (χ1v) is 13.3. The van der Waals surface area contributed by atoms with E-state index in [0.29, 0.717) is 38.3 Å². The number of amides is 1. The molecule has 180 valence electrons. The standard InChI is InChI=1S/C24H35N5O3S/c1-4-28-18-23(20(3)25-28)33(31,32)29-11-5-6-22(17-29)24(30)27-14-12-26(13-15-27)16-21-9-7-19(2)8-10-21/h7-10,18,22H,4-6,11-17H2,1-3H3/t22-/m1/s1. The number of benzene rings is 1. The van der Waals surface area contributed by atoms with Crippen molar-refractivity contribution in [1.82, 2.24) is 23.9 Å². The van der Waals surface area contributed by atoms with Gasteiger partial charge in [-0.15, -0.1) is 0 Å². The fourth-order valence-corrected chi connectivity index (χ4v) is 6.45. The lowest BCUT2D eigenvalue weighted by Crippen LogP contribution is -2.52. The molecule has 1 atom stereocenters. The second kappa shape index (κ2) is 9.95. The van der Waals surface area contributed by atoms with E-state index in [1.54, 1.807) is 17.8 Å². The number of aromatic nitrogens is 2. The van der Waals surface area contributed by atoms with Crippen LogP contribution < -0.4 is 0 Å². The van der Waals surface area contributed by atoms with Gasteiger partial charge >= 0.3 is 0 Å². The van der Waals surface area contributed by atoms with Crippen LogP contribution in [-0.2, 0) is 27.9 Å². The average Bonchev–Trinajstić information content (AvgIpc) is 3.22. The summed E-state index contributed by atoms with van der Waals surface area (Å²) in [5.74, 6) is -0.190. The van der Waals surface area contributed by atoms with Crippen LogP contribution in [0.4, 0.5) is 0 Å². The number of hydrogen-bond acceptors (Lipinski definition) is 5. The van der Waals surface area contributed by atoms with E-state index >= 15 is 0 Å². The quantitative estimate of drug-likeness (QED) is 0.643. The van der Waals surface area contributed by atoms with Crippen LogP contribution in [0.1, 0.15) is 36.6 Å². The maximum absolute atomic E-state index is 13.3. The molecule has 0 bridgehead atoms. The summed E-state index contributed by atoms with van der Waals surface area (Å²) < 4.78 is 29.6. The molecule has 0 radical (unpaired) electrons. The Balaban J connectivity index is 1.35. The van der Waals surface area contributed by atoms with Crippen molar-refractivity contribution in [3.8, 4) is 0 Å². The maximum atomic E-state index is 13.3. The number of rotatable bonds is 6. The number of nitrogens with zero attached hydrogens (tertiary/aromatic N) is 5. The van der Waals surface area contributed by atoms with Gasteiger partial charge in [0.15, 0.2) is 0 Å². The van der Waals surface area contributed by atoms with E-state index in [9.17, 15) is 13.2 Å². The van der Waals surface area contributed by atoms with Gasteiger partial charge in [-0.2, -0.15) is 9.40 Å². The summed E-state index contributed by atoms with van der Waals surface area (Å²) in [5, 5.41) is 4.29. The number of piperidine rings is 1. The van der Waals surface area contributed by atoms with Crippen molar-refractivity contribution in [2.75, 3.05) is 39.3 Å². The molecule has 9 heteroatoms. The van der Waals surface area contributed by atoms with Crippen molar-refractivity contribution in [3.05, 3.63) is 47.3 Å². The Bertz CT molecular complexity index is 1070. The SMILES string of the molecule is CCn1cc(S(=O)(=O)N2CCC[C@@H](C(=O)N3CCN(Cc4ccc(C)cc4)CC3)C2)c(C)n1. The third kappa shape index (κ3) is 5.31. The average molecular weight is 474 g/mol. The van der Waals surface area contributed by atoms with Gasteiger partial charge in [-0.3, -0.25) is 14.4 Å². The number of sulfonamides is 1. The zero-order valence-corrected chi connectivity index (χ0v) is 20.7. The Labute approximate surface area is 197 Å². The zero-order chi connectivity index (χ0) is 23.6. The third-order valence-corrected chi connectivity index (χ3v) is 8.76. The van der Waals surface area contributed by atoms with Crippen LogP contribution in [0.2, 0.25) is 0 Å². The second-order valence-corrected chi connectivity index (χ2v) is 11.1. The molecule has 2 saturated heterocycles. The lowest BCUT2D eigenvalue weighted by molar-refractivity contribution is -0.138. The number of carbonyl (C=O) groups excluding carboxylic acids is 1. The van der Waals surface area contributed by atoms with Crippen LogP contribution >= 0.6 is 0 Å². The van der Waals surface area contributed by atoms with E-state index < -0.39 is 10.0 Å². The minimum Gasteiger partial charge on any atom is -0.340 e. The molecule has 2 fully saturated rings. The minimum absolute atomic E-state index is 0.0888. The molecule has 0 aliphatic carbocycles. The van der Waals surface area contributed by atoms with Gasteiger partial charge in [-0.1, -0.05) is 29.8 Å². The maximum Gasteiger partial charge on any atom is 0.246 e. The summed E-state index contributed by atoms with van der Waals surface area (Å²) in [6.07, 6.45) is 3.04. The van der Waals surface area contributed by atoms with Gasteiger partial charge < -0.3 is 4.90 Å². The molecule has 1 amide bonds. The Kier molecular flexibility index (Phi) is 7.21. The molecule has 2 aliphatic heterocycles. The first-order valence-electron chi connectivity index (χ1n) is 11.9. The Morgan fingerprint density at radius 2 is 1.76 bits per heavy atom. The summed E-state index contributed by atoms with van der Waals surface area (Å²) in [5.41, 5.74) is 3.05. The fraction of sp³-hybridized carbons (Fsp3) is 0.583. The molecular weight excluding hydrogens is 438 g/mol. The largest absolute Gasteiger partial charge is 0.340 e. The van der Waals surface area contributed by atoms with E-state index in [1.807, 2.05) is 11.8 Å². The number of piperazine rings is 1. The smallest absolute Gasteiger partial charge is 0.246 e. The summed E-state index contributed by atoms with van der Waals surface area (Å²) >= 11 is 0. The summed E-state index contributed by atoms with van der Waals surface area (Å²) in [7, 11) is -3.65. The molecule has 1 aromatic heterocycles. The van der Waals surface area contributed by atoms with E-state index in [-0.39, 0.29) is 23.3 Å². The first-order chi connectivity index (χ1) is 15.8. The Morgan fingerprint density at radius 1 is 1.06 bits per heavy atom. The molecule has 0 spiro atoms. The molecule has 0 N–H and O–H groups in total. The van der Waals surface area contributed by atoms with Crippen LogP contribution in [-0.4, -0.2) is 77.5 Å². The highest BCUT2D eigenvalue weighted by Crippen LogP contribution is 2.27. The van der Waals surface area contributed by atoms with Crippen LogP contribution in [0.5, 0.6) is 0 Å². The molecule has 2 aliphatic rings. The van der Waals surface area contributed by atoms with Gasteiger partial charge in [0, 0.05) is 58.6 Å². The van der Waals surface area contributed by atoms with Crippen LogP contribution in [0.3, 0.4) is 0 Å². The van der Waals surface area contributed by atoms with Gasteiger partial charge in [0.2, 0.25) is 15.9 Å². The molecule has 4 rings (SSSR count). The fourth-order valence-electron chi connectivity index (χ4n) is 4.75. The topological polar surface area (TPSA) is 78.8 Å². The predicted octanol–water partition coefficient (Wildman–Crippen LogP) is 2.26. The van der Waals surface area contributed by atoms with E-state index in [1.165, 1.54) is 15.4 Å². The van der Waals surface area contributed by atoms with Gasteiger partial charge in [0.1, 0.15) is 4.90 Å². The summed E-state index contributed by atoms with van der Waals surface area (Å²) in [6.45, 7) is 11.0. The van der Waals surface area contributed by atoms with Gasteiger partial charge in [0.25, 0.3) is 0 Å². The number of hydrogen-bond donors (Lipinski definition) is 0.